The second kappa shape index (κ2) is 4.68. The van der Waals surface area contributed by atoms with Gasteiger partial charge in [0.1, 0.15) is 5.82 Å². The van der Waals surface area contributed by atoms with Gasteiger partial charge in [0, 0.05) is 21.8 Å². The Bertz CT molecular complexity index is 751. The Labute approximate surface area is 114 Å². The molecule has 0 fully saturated rings. The molecule has 1 N–H and O–H groups in total. The molecule has 2 nitrogen and oxygen atoms in total. The van der Waals surface area contributed by atoms with Crippen molar-refractivity contribution in [3.05, 3.63) is 65.1 Å². The Morgan fingerprint density at radius 3 is 2.68 bits per heavy atom. The highest BCUT2D eigenvalue weighted by Crippen LogP contribution is 2.27. The molecule has 0 spiro atoms. The number of aliphatic hydroxyl groups excluding tert-OH is 1. The van der Waals surface area contributed by atoms with Crippen LogP contribution in [0, 0.1) is 5.82 Å². The first-order valence-corrected chi connectivity index (χ1v) is 6.23. The average molecular weight is 276 g/mol. The quantitative estimate of drug-likeness (QED) is 0.753. The zero-order chi connectivity index (χ0) is 13.4. The van der Waals surface area contributed by atoms with Crippen LogP contribution in [0.3, 0.4) is 0 Å². The minimum atomic E-state index is -0.315. The van der Waals surface area contributed by atoms with Crippen LogP contribution < -0.4 is 0 Å². The van der Waals surface area contributed by atoms with Crippen molar-refractivity contribution in [1.82, 2.24) is 4.57 Å². The van der Waals surface area contributed by atoms with Gasteiger partial charge >= 0.3 is 0 Å². The maximum atomic E-state index is 13.4. The lowest BCUT2D eigenvalue weighted by atomic mass is 10.2. The molecule has 0 saturated heterocycles. The zero-order valence-corrected chi connectivity index (χ0v) is 10.7. The Balaban J connectivity index is 2.34. The maximum Gasteiger partial charge on any atom is 0.125 e. The van der Waals surface area contributed by atoms with Gasteiger partial charge in [0.15, 0.2) is 0 Å². The summed E-state index contributed by atoms with van der Waals surface area (Å²) in [6, 6.07) is 13.6. The van der Waals surface area contributed by atoms with Crippen LogP contribution in [0.2, 0.25) is 5.02 Å². The highest BCUT2D eigenvalue weighted by atomic mass is 35.5. The molecule has 2 aromatic carbocycles. The fourth-order valence-corrected chi connectivity index (χ4v) is 2.43. The summed E-state index contributed by atoms with van der Waals surface area (Å²) in [5, 5.41) is 11.0. The number of hydrogen-bond acceptors (Lipinski definition) is 1. The van der Waals surface area contributed by atoms with Crippen LogP contribution in [0.4, 0.5) is 4.39 Å². The molecular formula is C15H11ClFNO. The molecule has 1 aromatic heterocycles. The Morgan fingerprint density at radius 1 is 1.11 bits per heavy atom. The third kappa shape index (κ3) is 2.11. The summed E-state index contributed by atoms with van der Waals surface area (Å²) in [7, 11) is 0. The zero-order valence-electron chi connectivity index (χ0n) is 9.98. The van der Waals surface area contributed by atoms with E-state index in [9.17, 15) is 9.50 Å². The predicted octanol–water partition coefficient (Wildman–Crippen LogP) is 3.92. The van der Waals surface area contributed by atoms with Crippen LogP contribution in [-0.2, 0) is 6.61 Å². The first-order chi connectivity index (χ1) is 9.19. The molecule has 0 unspecified atom stereocenters. The highest BCUT2D eigenvalue weighted by Gasteiger charge is 2.10. The molecule has 0 amide bonds. The highest BCUT2D eigenvalue weighted by molar-refractivity contribution is 6.31. The molecule has 96 valence electrons. The maximum absolute atomic E-state index is 13.4. The minimum Gasteiger partial charge on any atom is -0.390 e. The minimum absolute atomic E-state index is 0.122. The van der Waals surface area contributed by atoms with Gasteiger partial charge in [0.25, 0.3) is 0 Å². The fourth-order valence-electron chi connectivity index (χ4n) is 2.27. The summed E-state index contributed by atoms with van der Waals surface area (Å²) in [6.07, 6.45) is 0. The molecule has 3 rings (SSSR count). The topological polar surface area (TPSA) is 25.2 Å². The molecule has 0 saturated carbocycles. The van der Waals surface area contributed by atoms with Gasteiger partial charge < -0.3 is 9.67 Å². The van der Waals surface area contributed by atoms with E-state index in [2.05, 4.69) is 0 Å². The van der Waals surface area contributed by atoms with E-state index in [4.69, 9.17) is 11.6 Å². The average Bonchev–Trinajstić information content (AvgIpc) is 2.76. The van der Waals surface area contributed by atoms with Gasteiger partial charge in [-0.2, -0.15) is 0 Å². The van der Waals surface area contributed by atoms with Gasteiger partial charge in [-0.25, -0.2) is 4.39 Å². The summed E-state index contributed by atoms with van der Waals surface area (Å²) >= 11 is 6.01. The van der Waals surface area contributed by atoms with Crippen molar-refractivity contribution >= 4 is 22.5 Å². The number of fused-ring (bicyclic) bond motifs is 1. The number of hydrogen-bond donors (Lipinski definition) is 1. The second-order valence-corrected chi connectivity index (χ2v) is 4.75. The number of aliphatic hydroxyl groups is 1. The molecule has 0 radical (unpaired) electrons. The molecule has 3 aromatic rings. The number of aromatic nitrogens is 1. The normalized spacial score (nSPS) is 11.1. The van der Waals surface area contributed by atoms with Gasteiger partial charge in [-0.3, -0.25) is 0 Å². The van der Waals surface area contributed by atoms with Crippen molar-refractivity contribution in [3.8, 4) is 5.69 Å². The van der Waals surface area contributed by atoms with E-state index in [0.29, 0.717) is 16.4 Å². The lowest BCUT2D eigenvalue weighted by Crippen LogP contribution is -2.00. The number of rotatable bonds is 2. The largest absolute Gasteiger partial charge is 0.390 e. The van der Waals surface area contributed by atoms with Crippen molar-refractivity contribution in [3.63, 3.8) is 0 Å². The third-order valence-corrected chi connectivity index (χ3v) is 3.31. The smallest absolute Gasteiger partial charge is 0.125 e. The van der Waals surface area contributed by atoms with Gasteiger partial charge in [-0.05, 0) is 36.4 Å². The van der Waals surface area contributed by atoms with E-state index in [1.807, 2.05) is 16.7 Å². The Morgan fingerprint density at radius 2 is 1.95 bits per heavy atom. The molecule has 0 aliphatic rings. The van der Waals surface area contributed by atoms with Crippen molar-refractivity contribution in [2.45, 2.75) is 6.61 Å². The molecule has 0 aliphatic carbocycles. The van der Waals surface area contributed by atoms with E-state index in [1.165, 1.54) is 12.1 Å². The fraction of sp³-hybridized carbons (Fsp3) is 0.0667. The lowest BCUT2D eigenvalue weighted by molar-refractivity contribution is 0.275. The summed E-state index contributed by atoms with van der Waals surface area (Å²) in [5.41, 5.74) is 2.21. The molecule has 4 heteroatoms. The number of nitrogens with zero attached hydrogens (tertiary/aromatic N) is 1. The molecule has 19 heavy (non-hydrogen) atoms. The second-order valence-electron chi connectivity index (χ2n) is 4.31. The summed E-state index contributed by atoms with van der Waals surface area (Å²) in [5.74, 6) is -0.315. The molecule has 0 aliphatic heterocycles. The van der Waals surface area contributed by atoms with E-state index < -0.39 is 0 Å². The first kappa shape index (κ1) is 12.2. The van der Waals surface area contributed by atoms with Crippen molar-refractivity contribution in [2.24, 2.45) is 0 Å². The van der Waals surface area contributed by atoms with Crippen LogP contribution >= 0.6 is 11.6 Å². The summed E-state index contributed by atoms with van der Waals surface area (Å²) in [4.78, 5) is 0. The van der Waals surface area contributed by atoms with Crippen molar-refractivity contribution in [2.75, 3.05) is 0 Å². The standard InChI is InChI=1S/C15H11ClFNO/c16-11-5-4-10-6-14(9-19)18(15(10)7-11)13-3-1-2-12(17)8-13/h1-8,19H,9H2. The molecular weight excluding hydrogens is 265 g/mol. The van der Waals surface area contributed by atoms with Gasteiger partial charge in [0.05, 0.1) is 12.1 Å². The molecule has 1 heterocycles. The van der Waals surface area contributed by atoms with Crippen LogP contribution in [0.5, 0.6) is 0 Å². The SMILES string of the molecule is OCc1cc2ccc(Cl)cc2n1-c1cccc(F)c1. The predicted molar refractivity (Wildman–Crippen MR) is 74.2 cm³/mol. The molecule has 0 atom stereocenters. The van der Waals surface area contributed by atoms with Crippen LogP contribution in [0.15, 0.2) is 48.5 Å². The van der Waals surface area contributed by atoms with E-state index >= 15 is 0 Å². The third-order valence-electron chi connectivity index (χ3n) is 3.07. The first-order valence-electron chi connectivity index (χ1n) is 5.86. The van der Waals surface area contributed by atoms with E-state index in [-0.39, 0.29) is 12.4 Å². The van der Waals surface area contributed by atoms with Crippen LogP contribution in [-0.4, -0.2) is 9.67 Å². The van der Waals surface area contributed by atoms with E-state index in [1.54, 1.807) is 24.3 Å². The number of halogens is 2. The van der Waals surface area contributed by atoms with Crippen molar-refractivity contribution < 1.29 is 9.50 Å². The number of benzene rings is 2. The Hall–Kier alpha value is -1.84. The summed E-state index contributed by atoms with van der Waals surface area (Å²) < 4.78 is 15.2. The van der Waals surface area contributed by atoms with E-state index in [0.717, 1.165) is 10.9 Å². The van der Waals surface area contributed by atoms with Gasteiger partial charge in [0.2, 0.25) is 0 Å². The van der Waals surface area contributed by atoms with Crippen LogP contribution in [0.1, 0.15) is 5.69 Å². The summed E-state index contributed by atoms with van der Waals surface area (Å²) in [6.45, 7) is -0.122. The van der Waals surface area contributed by atoms with Crippen molar-refractivity contribution in [1.29, 1.82) is 0 Å². The van der Waals surface area contributed by atoms with Gasteiger partial charge in [-0.15, -0.1) is 0 Å². The molecule has 0 bridgehead atoms. The Kier molecular flexibility index (Phi) is 3.01. The van der Waals surface area contributed by atoms with Gasteiger partial charge in [-0.1, -0.05) is 23.7 Å². The monoisotopic (exact) mass is 275 g/mol. The lowest BCUT2D eigenvalue weighted by Gasteiger charge is -2.09. The van der Waals surface area contributed by atoms with Crippen LogP contribution in [0.25, 0.3) is 16.6 Å².